The fraction of sp³-hybridized carbons (Fsp3) is 0.520. The number of alkyl halides is 2. The summed E-state index contributed by atoms with van der Waals surface area (Å²) in [6, 6.07) is 8.44. The van der Waals surface area contributed by atoms with E-state index in [1.165, 1.54) is 0 Å². The van der Waals surface area contributed by atoms with Crippen molar-refractivity contribution in [2.24, 2.45) is 0 Å². The fourth-order valence-corrected chi connectivity index (χ4v) is 6.82. The molecule has 2 rings (SSSR count). The Balaban J connectivity index is 2.25. The minimum absolute atomic E-state index is 0.00987. The van der Waals surface area contributed by atoms with Gasteiger partial charge >= 0.3 is 0 Å². The second kappa shape index (κ2) is 15.4. The van der Waals surface area contributed by atoms with Gasteiger partial charge in [-0.1, -0.05) is 45.7 Å². The second-order valence-electron chi connectivity index (χ2n) is 8.27. The maximum atomic E-state index is 6.08. The smallest absolute Gasteiger partial charge is 0.147 e. The van der Waals surface area contributed by atoms with Crippen LogP contribution in [0.3, 0.4) is 0 Å². The number of benzene rings is 2. The molecule has 35 heavy (non-hydrogen) atoms. The van der Waals surface area contributed by atoms with E-state index in [1.54, 1.807) is 0 Å². The lowest BCUT2D eigenvalue weighted by Crippen LogP contribution is -2.24. The third kappa shape index (κ3) is 9.22. The summed E-state index contributed by atoms with van der Waals surface area (Å²) < 4.78 is 26.8. The van der Waals surface area contributed by atoms with Crippen LogP contribution in [0, 0.1) is 0 Å². The van der Waals surface area contributed by atoms with E-state index in [9.17, 15) is 0 Å². The average molecular weight is 874 g/mol. The largest absolute Gasteiger partial charge is 0.490 e. The minimum Gasteiger partial charge on any atom is -0.490 e. The standard InChI is InChI=1S/C25H30Br6O4/c1-5-32-12-17(27)13-34-23-19(28)7-15(8-20(23)29)25(3,4)16-9-21(30)24(22(31)10-16)35-14-18(11-26)33-6-2/h7-10,17-18H,5-6,11-14H2,1-4H3. The van der Waals surface area contributed by atoms with Gasteiger partial charge in [-0.2, -0.15) is 0 Å². The number of hydrogen-bond acceptors (Lipinski definition) is 4. The quantitative estimate of drug-likeness (QED) is 0.178. The first-order valence-corrected chi connectivity index (χ1v) is 16.4. The van der Waals surface area contributed by atoms with Crippen LogP contribution in [0.25, 0.3) is 0 Å². The molecule has 10 heteroatoms. The Hall–Kier alpha value is 0.840. The first kappa shape index (κ1) is 32.1. The molecule has 2 atom stereocenters. The van der Waals surface area contributed by atoms with Crippen molar-refractivity contribution in [1.82, 2.24) is 0 Å². The molecule has 0 aliphatic carbocycles. The van der Waals surface area contributed by atoms with Gasteiger partial charge in [0, 0.05) is 24.0 Å². The van der Waals surface area contributed by atoms with Crippen LogP contribution in [0.15, 0.2) is 42.2 Å². The molecular formula is C25H30Br6O4. The van der Waals surface area contributed by atoms with Crippen LogP contribution in [-0.2, 0) is 14.9 Å². The van der Waals surface area contributed by atoms with Crippen LogP contribution < -0.4 is 9.47 Å². The van der Waals surface area contributed by atoms with E-state index in [2.05, 4.69) is 134 Å². The van der Waals surface area contributed by atoms with Crippen molar-refractivity contribution < 1.29 is 18.9 Å². The highest BCUT2D eigenvalue weighted by Crippen LogP contribution is 2.44. The number of hydrogen-bond donors (Lipinski definition) is 0. The molecule has 0 bridgehead atoms. The molecule has 2 aromatic carbocycles. The third-order valence-corrected chi connectivity index (χ3v) is 8.95. The van der Waals surface area contributed by atoms with Crippen molar-refractivity contribution in [3.05, 3.63) is 53.3 Å². The van der Waals surface area contributed by atoms with Crippen LogP contribution in [0.4, 0.5) is 0 Å². The summed E-state index contributed by atoms with van der Waals surface area (Å²) in [5.74, 6) is 1.53. The Kier molecular flexibility index (Phi) is 14.1. The topological polar surface area (TPSA) is 36.9 Å². The van der Waals surface area contributed by atoms with Gasteiger partial charge in [-0.3, -0.25) is 0 Å². The Morgan fingerprint density at radius 1 is 0.743 bits per heavy atom. The minimum atomic E-state index is -0.288. The molecule has 0 fully saturated rings. The first-order chi connectivity index (χ1) is 16.5. The first-order valence-electron chi connectivity index (χ1n) is 11.2. The average Bonchev–Trinajstić information content (AvgIpc) is 2.80. The molecule has 0 amide bonds. The zero-order valence-electron chi connectivity index (χ0n) is 20.1. The lowest BCUT2D eigenvalue weighted by atomic mass is 9.78. The summed E-state index contributed by atoms with van der Waals surface area (Å²) in [5, 5.41) is 0.716. The summed E-state index contributed by atoms with van der Waals surface area (Å²) in [6.45, 7) is 11.2. The Morgan fingerprint density at radius 2 is 1.20 bits per heavy atom. The van der Waals surface area contributed by atoms with Gasteiger partial charge in [0.15, 0.2) is 0 Å². The fourth-order valence-electron chi connectivity index (χ4n) is 3.30. The van der Waals surface area contributed by atoms with Crippen LogP contribution in [0.2, 0.25) is 0 Å². The highest BCUT2D eigenvalue weighted by molar-refractivity contribution is 9.11. The third-order valence-electron chi connectivity index (χ3n) is 5.34. The van der Waals surface area contributed by atoms with Crippen LogP contribution in [-0.4, -0.2) is 49.3 Å². The summed E-state index contributed by atoms with van der Waals surface area (Å²) >= 11 is 21.9. The maximum absolute atomic E-state index is 6.08. The van der Waals surface area contributed by atoms with E-state index in [-0.39, 0.29) is 16.3 Å². The summed E-state index contributed by atoms with van der Waals surface area (Å²) in [7, 11) is 0. The monoisotopic (exact) mass is 868 g/mol. The predicted octanol–water partition coefficient (Wildman–Crippen LogP) is 9.42. The zero-order chi connectivity index (χ0) is 26.2. The number of halogens is 6. The molecular weight excluding hydrogens is 844 g/mol. The Morgan fingerprint density at radius 3 is 1.60 bits per heavy atom. The van der Waals surface area contributed by atoms with E-state index in [0.29, 0.717) is 38.4 Å². The van der Waals surface area contributed by atoms with Gasteiger partial charge in [0.2, 0.25) is 0 Å². The van der Waals surface area contributed by atoms with E-state index in [0.717, 1.165) is 40.5 Å². The SMILES string of the molecule is CCOCC(Br)COc1c(Br)cc(C(C)(C)c2cc(Br)c(OCC(CBr)OCC)c(Br)c2)cc1Br. The number of rotatable bonds is 14. The lowest BCUT2D eigenvalue weighted by molar-refractivity contribution is 0.0436. The van der Waals surface area contributed by atoms with Crippen molar-refractivity contribution in [1.29, 1.82) is 0 Å². The summed E-state index contributed by atoms with van der Waals surface area (Å²) in [4.78, 5) is 0.117. The van der Waals surface area contributed by atoms with Gasteiger partial charge in [0.1, 0.15) is 30.8 Å². The van der Waals surface area contributed by atoms with Gasteiger partial charge in [-0.25, -0.2) is 0 Å². The van der Waals surface area contributed by atoms with Crippen molar-refractivity contribution >= 4 is 95.6 Å². The predicted molar refractivity (Wildman–Crippen MR) is 165 cm³/mol. The molecule has 0 aliphatic rings. The van der Waals surface area contributed by atoms with Gasteiger partial charge < -0.3 is 18.9 Å². The summed E-state index contributed by atoms with van der Waals surface area (Å²) in [6.07, 6.45) is -0.00987. The van der Waals surface area contributed by atoms with E-state index >= 15 is 0 Å². The molecule has 0 aromatic heterocycles. The normalized spacial score (nSPS) is 13.5. The Labute approximate surface area is 259 Å². The molecule has 0 N–H and O–H groups in total. The molecule has 2 aromatic rings. The van der Waals surface area contributed by atoms with Gasteiger partial charge in [0.25, 0.3) is 0 Å². The van der Waals surface area contributed by atoms with E-state index in [1.807, 2.05) is 13.8 Å². The summed E-state index contributed by atoms with van der Waals surface area (Å²) in [5.41, 5.74) is 1.98. The lowest BCUT2D eigenvalue weighted by Gasteiger charge is -2.28. The molecule has 0 spiro atoms. The van der Waals surface area contributed by atoms with Gasteiger partial charge in [-0.15, -0.1) is 0 Å². The molecule has 0 heterocycles. The highest BCUT2D eigenvalue weighted by atomic mass is 79.9. The van der Waals surface area contributed by atoms with Gasteiger partial charge in [0.05, 0.1) is 29.3 Å². The van der Waals surface area contributed by atoms with Crippen molar-refractivity contribution in [2.45, 2.75) is 44.0 Å². The van der Waals surface area contributed by atoms with E-state index < -0.39 is 0 Å². The van der Waals surface area contributed by atoms with Crippen LogP contribution in [0.5, 0.6) is 11.5 Å². The molecule has 0 aliphatic heterocycles. The molecule has 2 unspecified atom stereocenters. The highest BCUT2D eigenvalue weighted by Gasteiger charge is 2.27. The molecule has 196 valence electrons. The molecule has 0 saturated carbocycles. The Bertz CT molecular complexity index is 923. The van der Waals surface area contributed by atoms with Crippen LogP contribution in [0.1, 0.15) is 38.8 Å². The van der Waals surface area contributed by atoms with Gasteiger partial charge in [-0.05, 0) is 113 Å². The van der Waals surface area contributed by atoms with Crippen molar-refractivity contribution in [3.63, 3.8) is 0 Å². The molecule has 0 saturated heterocycles. The molecule has 0 radical (unpaired) electrons. The maximum Gasteiger partial charge on any atom is 0.147 e. The zero-order valence-corrected chi connectivity index (χ0v) is 29.6. The molecule has 4 nitrogen and oxygen atoms in total. The van der Waals surface area contributed by atoms with Crippen molar-refractivity contribution in [2.75, 3.05) is 38.4 Å². The van der Waals surface area contributed by atoms with Crippen molar-refractivity contribution in [3.8, 4) is 11.5 Å². The van der Waals surface area contributed by atoms with Crippen LogP contribution >= 0.6 is 95.6 Å². The second-order valence-corrected chi connectivity index (χ2v) is 13.6. The number of ether oxygens (including phenoxy) is 4. The van der Waals surface area contributed by atoms with E-state index in [4.69, 9.17) is 18.9 Å².